The van der Waals surface area contributed by atoms with Gasteiger partial charge in [0, 0.05) is 12.1 Å². The highest BCUT2D eigenvalue weighted by molar-refractivity contribution is 5.42. The average molecular weight is 332 g/mol. The molecule has 2 aromatic carbocycles. The first-order chi connectivity index (χ1) is 10.6. The summed E-state index contributed by atoms with van der Waals surface area (Å²) < 4.78 is 47.5. The van der Waals surface area contributed by atoms with Crippen LogP contribution in [0.1, 0.15) is 5.56 Å². The van der Waals surface area contributed by atoms with Gasteiger partial charge in [0.25, 0.3) is 11.4 Å². The van der Waals surface area contributed by atoms with Crippen molar-refractivity contribution in [1.82, 2.24) is 0 Å². The third kappa shape index (κ3) is 5.69. The SMILES string of the molecule is Fc1ccc(C(F)(F)F)cc1.O=[N+]([O-])c1cccc([N+](=O)[O-])c1. The van der Waals surface area contributed by atoms with Gasteiger partial charge in [0.1, 0.15) is 5.82 Å². The van der Waals surface area contributed by atoms with E-state index in [9.17, 15) is 37.8 Å². The molecule has 0 bridgehead atoms. The summed E-state index contributed by atoms with van der Waals surface area (Å²) in [6, 6.07) is 7.56. The molecule has 23 heavy (non-hydrogen) atoms. The van der Waals surface area contributed by atoms with E-state index in [1.807, 2.05) is 0 Å². The van der Waals surface area contributed by atoms with Gasteiger partial charge in [0.05, 0.1) is 21.5 Å². The number of nitro benzene ring substituents is 2. The van der Waals surface area contributed by atoms with E-state index >= 15 is 0 Å². The number of hydrogen-bond acceptors (Lipinski definition) is 4. The number of nitrogens with zero attached hydrogens (tertiary/aromatic N) is 2. The molecule has 0 aromatic heterocycles. The van der Waals surface area contributed by atoms with Crippen LogP contribution < -0.4 is 0 Å². The van der Waals surface area contributed by atoms with Gasteiger partial charge in [-0.05, 0) is 30.3 Å². The molecule has 0 unspecified atom stereocenters. The Bertz CT molecular complexity index is 673. The zero-order chi connectivity index (χ0) is 17.6. The summed E-state index contributed by atoms with van der Waals surface area (Å²) in [5.74, 6) is -0.669. The van der Waals surface area contributed by atoms with Crippen molar-refractivity contribution in [3.63, 3.8) is 0 Å². The van der Waals surface area contributed by atoms with Crippen molar-refractivity contribution >= 4 is 11.4 Å². The van der Waals surface area contributed by atoms with E-state index in [1.165, 1.54) is 18.2 Å². The first-order valence-corrected chi connectivity index (χ1v) is 5.83. The Balaban J connectivity index is 0.000000231. The Morgan fingerprint density at radius 3 is 1.61 bits per heavy atom. The molecule has 0 aliphatic rings. The summed E-state index contributed by atoms with van der Waals surface area (Å²) >= 11 is 0. The van der Waals surface area contributed by atoms with Gasteiger partial charge in [-0.1, -0.05) is 0 Å². The van der Waals surface area contributed by atoms with E-state index in [0.717, 1.165) is 18.2 Å². The van der Waals surface area contributed by atoms with Crippen molar-refractivity contribution in [2.24, 2.45) is 0 Å². The topological polar surface area (TPSA) is 86.3 Å². The molecular formula is C13H8F4N2O4. The van der Waals surface area contributed by atoms with Gasteiger partial charge >= 0.3 is 6.18 Å². The van der Waals surface area contributed by atoms with Gasteiger partial charge in [-0.25, -0.2) is 4.39 Å². The van der Waals surface area contributed by atoms with Crippen molar-refractivity contribution < 1.29 is 27.4 Å². The van der Waals surface area contributed by atoms with Crippen LogP contribution in [0.25, 0.3) is 0 Å². The summed E-state index contributed by atoms with van der Waals surface area (Å²) in [7, 11) is 0. The molecule has 0 saturated carbocycles. The Morgan fingerprint density at radius 2 is 1.26 bits per heavy atom. The standard InChI is InChI=1S/C7H4F4.C6H4N2O4/c8-6-3-1-5(2-4-6)7(9,10)11;9-7(10)5-2-1-3-6(4-5)8(11)12/h1-4H;1-4H. The second-order valence-corrected chi connectivity index (χ2v) is 4.04. The maximum atomic E-state index is 12.1. The van der Waals surface area contributed by atoms with Crippen LogP contribution >= 0.6 is 0 Å². The minimum atomic E-state index is -4.38. The highest BCUT2D eigenvalue weighted by Gasteiger charge is 2.29. The van der Waals surface area contributed by atoms with E-state index in [0.29, 0.717) is 12.1 Å². The molecule has 0 amide bonds. The maximum absolute atomic E-state index is 12.1. The van der Waals surface area contributed by atoms with Crippen molar-refractivity contribution in [2.45, 2.75) is 6.18 Å². The van der Waals surface area contributed by atoms with Crippen LogP contribution in [-0.4, -0.2) is 9.85 Å². The van der Waals surface area contributed by atoms with Crippen LogP contribution in [0, 0.1) is 26.0 Å². The predicted octanol–water partition coefficient (Wildman–Crippen LogP) is 4.35. The zero-order valence-corrected chi connectivity index (χ0v) is 11.2. The second-order valence-electron chi connectivity index (χ2n) is 4.04. The molecule has 0 fully saturated rings. The average Bonchev–Trinajstić information content (AvgIpc) is 2.47. The van der Waals surface area contributed by atoms with E-state index < -0.39 is 27.4 Å². The number of alkyl halides is 3. The summed E-state index contributed by atoms with van der Waals surface area (Å²) in [5.41, 5.74) is -1.38. The van der Waals surface area contributed by atoms with E-state index in [4.69, 9.17) is 0 Å². The third-order valence-electron chi connectivity index (χ3n) is 2.42. The molecule has 10 heteroatoms. The molecule has 0 N–H and O–H groups in total. The number of non-ortho nitro benzene ring substituents is 2. The fourth-order valence-corrected chi connectivity index (χ4v) is 1.36. The van der Waals surface area contributed by atoms with Crippen LogP contribution in [0.4, 0.5) is 28.9 Å². The lowest BCUT2D eigenvalue weighted by Gasteiger charge is -2.04. The second kappa shape index (κ2) is 7.29. The maximum Gasteiger partial charge on any atom is 0.416 e. The summed E-state index contributed by atoms with van der Waals surface area (Å²) in [6.07, 6.45) is -4.38. The van der Waals surface area contributed by atoms with Gasteiger partial charge in [-0.2, -0.15) is 13.2 Å². The number of halogens is 4. The van der Waals surface area contributed by atoms with Gasteiger partial charge in [0.15, 0.2) is 0 Å². The lowest BCUT2D eigenvalue weighted by Crippen LogP contribution is -2.03. The highest BCUT2D eigenvalue weighted by Crippen LogP contribution is 2.28. The normalized spacial score (nSPS) is 10.4. The molecule has 6 nitrogen and oxygen atoms in total. The first-order valence-electron chi connectivity index (χ1n) is 5.83. The zero-order valence-electron chi connectivity index (χ0n) is 11.2. The highest BCUT2D eigenvalue weighted by atomic mass is 19.4. The summed E-state index contributed by atoms with van der Waals surface area (Å²) in [6.45, 7) is 0. The fourth-order valence-electron chi connectivity index (χ4n) is 1.36. The lowest BCUT2D eigenvalue weighted by molar-refractivity contribution is -0.394. The molecule has 0 aliphatic heterocycles. The lowest BCUT2D eigenvalue weighted by atomic mass is 10.2. The number of rotatable bonds is 2. The number of benzene rings is 2. The molecule has 0 spiro atoms. The Hall–Kier alpha value is -3.04. The smallest absolute Gasteiger partial charge is 0.258 e. The van der Waals surface area contributed by atoms with Crippen molar-refractivity contribution in [2.75, 3.05) is 0 Å². The Labute approximate surface area is 126 Å². The van der Waals surface area contributed by atoms with Crippen LogP contribution in [0.3, 0.4) is 0 Å². The molecule has 0 atom stereocenters. The molecular weight excluding hydrogens is 324 g/mol. The first kappa shape index (κ1) is 18.0. The van der Waals surface area contributed by atoms with Crippen molar-refractivity contribution in [1.29, 1.82) is 0 Å². The number of nitro groups is 2. The molecule has 2 aromatic rings. The third-order valence-corrected chi connectivity index (χ3v) is 2.42. The quantitative estimate of drug-likeness (QED) is 0.465. The molecule has 122 valence electrons. The van der Waals surface area contributed by atoms with Crippen LogP contribution in [0.2, 0.25) is 0 Å². The molecule has 0 heterocycles. The summed E-state index contributed by atoms with van der Waals surface area (Å²) in [4.78, 5) is 19.0. The van der Waals surface area contributed by atoms with Gasteiger partial charge in [-0.3, -0.25) is 20.2 Å². The largest absolute Gasteiger partial charge is 0.416 e. The Kier molecular flexibility index (Phi) is 5.71. The van der Waals surface area contributed by atoms with Gasteiger partial charge in [-0.15, -0.1) is 0 Å². The van der Waals surface area contributed by atoms with Gasteiger partial charge in [0.2, 0.25) is 0 Å². The minimum Gasteiger partial charge on any atom is -0.258 e. The molecule has 2 rings (SSSR count). The molecule has 0 saturated heterocycles. The van der Waals surface area contributed by atoms with Gasteiger partial charge < -0.3 is 0 Å². The minimum absolute atomic E-state index is 0.274. The monoisotopic (exact) mass is 332 g/mol. The van der Waals surface area contributed by atoms with Crippen LogP contribution in [0.5, 0.6) is 0 Å². The summed E-state index contributed by atoms with van der Waals surface area (Å²) in [5, 5.41) is 20.3. The van der Waals surface area contributed by atoms with E-state index in [-0.39, 0.29) is 11.4 Å². The predicted molar refractivity (Wildman–Crippen MR) is 71.2 cm³/mol. The molecule has 0 radical (unpaired) electrons. The Morgan fingerprint density at radius 1 is 0.826 bits per heavy atom. The van der Waals surface area contributed by atoms with Crippen LogP contribution in [-0.2, 0) is 6.18 Å². The molecule has 0 aliphatic carbocycles. The van der Waals surface area contributed by atoms with E-state index in [1.54, 1.807) is 0 Å². The van der Waals surface area contributed by atoms with Crippen molar-refractivity contribution in [3.8, 4) is 0 Å². The van der Waals surface area contributed by atoms with Crippen molar-refractivity contribution in [3.05, 3.63) is 80.1 Å². The number of hydrogen-bond donors (Lipinski definition) is 0. The van der Waals surface area contributed by atoms with Crippen LogP contribution in [0.15, 0.2) is 48.5 Å². The fraction of sp³-hybridized carbons (Fsp3) is 0.0769. The van der Waals surface area contributed by atoms with E-state index in [2.05, 4.69) is 0 Å².